The number of hydrogen-bond donors (Lipinski definition) is 2. The van der Waals surface area contributed by atoms with Gasteiger partial charge in [-0.2, -0.15) is 0 Å². The van der Waals surface area contributed by atoms with Crippen LogP contribution in [0.3, 0.4) is 0 Å². The number of amides is 1. The van der Waals surface area contributed by atoms with Crippen LogP contribution in [-0.2, 0) is 4.79 Å². The molecule has 0 spiro atoms. The minimum absolute atomic E-state index is 0.118. The molecule has 1 fully saturated rings. The van der Waals surface area contributed by atoms with Crippen molar-refractivity contribution >= 4 is 5.91 Å². The molecule has 0 saturated heterocycles. The fraction of sp³-hybridized carbons (Fsp3) is 0.909. The van der Waals surface area contributed by atoms with Crippen molar-refractivity contribution in [1.29, 1.82) is 0 Å². The van der Waals surface area contributed by atoms with Gasteiger partial charge in [0.2, 0.25) is 5.91 Å². The van der Waals surface area contributed by atoms with Gasteiger partial charge in [0.15, 0.2) is 0 Å². The van der Waals surface area contributed by atoms with Gasteiger partial charge >= 0.3 is 0 Å². The monoisotopic (exact) mass is 214 g/mol. The molecule has 15 heavy (non-hydrogen) atoms. The van der Waals surface area contributed by atoms with Crippen molar-refractivity contribution in [2.45, 2.75) is 25.7 Å². The van der Waals surface area contributed by atoms with Gasteiger partial charge in [0.25, 0.3) is 0 Å². The van der Waals surface area contributed by atoms with Crippen LogP contribution < -0.4 is 5.32 Å². The SMILES string of the molecule is CN(C)CCC(=O)NCC1(CCO)CC1. The van der Waals surface area contributed by atoms with Crippen LogP contribution in [0.4, 0.5) is 0 Å². The quantitative estimate of drug-likeness (QED) is 0.637. The predicted molar refractivity (Wildman–Crippen MR) is 59.6 cm³/mol. The lowest BCUT2D eigenvalue weighted by Gasteiger charge is -2.15. The highest BCUT2D eigenvalue weighted by Gasteiger charge is 2.41. The minimum Gasteiger partial charge on any atom is -0.396 e. The second-order valence-electron chi connectivity index (χ2n) is 4.80. The third-order valence-corrected chi connectivity index (χ3v) is 3.05. The van der Waals surface area contributed by atoms with Crippen molar-refractivity contribution in [3.05, 3.63) is 0 Å². The molecule has 4 nitrogen and oxygen atoms in total. The summed E-state index contributed by atoms with van der Waals surface area (Å²) in [4.78, 5) is 13.4. The first-order valence-electron chi connectivity index (χ1n) is 5.60. The molecular formula is C11H22N2O2. The Morgan fingerprint density at radius 3 is 2.60 bits per heavy atom. The lowest BCUT2D eigenvalue weighted by atomic mass is 10.0. The molecule has 2 N–H and O–H groups in total. The van der Waals surface area contributed by atoms with Crippen LogP contribution in [0.15, 0.2) is 0 Å². The van der Waals surface area contributed by atoms with Gasteiger partial charge < -0.3 is 15.3 Å². The fourth-order valence-corrected chi connectivity index (χ4v) is 1.63. The maximum Gasteiger partial charge on any atom is 0.221 e. The number of aliphatic hydroxyl groups excluding tert-OH is 1. The molecule has 88 valence electrons. The Hall–Kier alpha value is -0.610. The number of hydrogen-bond acceptors (Lipinski definition) is 3. The summed E-state index contributed by atoms with van der Waals surface area (Å²) in [6, 6.07) is 0. The highest BCUT2D eigenvalue weighted by Crippen LogP contribution is 2.47. The van der Waals surface area contributed by atoms with E-state index in [0.29, 0.717) is 6.42 Å². The molecule has 1 amide bonds. The number of rotatable bonds is 7. The van der Waals surface area contributed by atoms with Crippen molar-refractivity contribution in [1.82, 2.24) is 10.2 Å². The Bertz CT molecular complexity index is 213. The first-order chi connectivity index (χ1) is 7.08. The third-order valence-electron chi connectivity index (χ3n) is 3.05. The highest BCUT2D eigenvalue weighted by molar-refractivity contribution is 5.76. The number of carbonyl (C=O) groups is 1. The van der Waals surface area contributed by atoms with Gasteiger partial charge in [-0.1, -0.05) is 0 Å². The molecule has 1 aliphatic carbocycles. The van der Waals surface area contributed by atoms with Crippen LogP contribution >= 0.6 is 0 Å². The lowest BCUT2D eigenvalue weighted by Crippen LogP contribution is -2.32. The molecular weight excluding hydrogens is 192 g/mol. The van der Waals surface area contributed by atoms with Gasteiger partial charge in [0.05, 0.1) is 0 Å². The van der Waals surface area contributed by atoms with E-state index < -0.39 is 0 Å². The van der Waals surface area contributed by atoms with Crippen molar-refractivity contribution in [2.24, 2.45) is 5.41 Å². The maximum atomic E-state index is 11.4. The lowest BCUT2D eigenvalue weighted by molar-refractivity contribution is -0.121. The zero-order valence-corrected chi connectivity index (χ0v) is 9.75. The van der Waals surface area contributed by atoms with Crippen molar-refractivity contribution in [2.75, 3.05) is 33.8 Å². The summed E-state index contributed by atoms with van der Waals surface area (Å²) in [6.45, 7) is 1.76. The fourth-order valence-electron chi connectivity index (χ4n) is 1.63. The number of carbonyl (C=O) groups excluding carboxylic acids is 1. The van der Waals surface area contributed by atoms with E-state index in [4.69, 9.17) is 5.11 Å². The maximum absolute atomic E-state index is 11.4. The molecule has 1 aliphatic rings. The third kappa shape index (κ3) is 4.62. The average molecular weight is 214 g/mol. The first-order valence-corrected chi connectivity index (χ1v) is 5.60. The van der Waals surface area contributed by atoms with E-state index in [1.54, 1.807) is 0 Å². The molecule has 1 rings (SSSR count). The van der Waals surface area contributed by atoms with Gasteiger partial charge in [-0.25, -0.2) is 0 Å². The van der Waals surface area contributed by atoms with Gasteiger partial charge in [0.1, 0.15) is 0 Å². The zero-order valence-electron chi connectivity index (χ0n) is 9.75. The Morgan fingerprint density at radius 2 is 2.13 bits per heavy atom. The van der Waals surface area contributed by atoms with Crippen molar-refractivity contribution in [3.63, 3.8) is 0 Å². The molecule has 0 aromatic carbocycles. The summed E-state index contributed by atoms with van der Waals surface area (Å²) >= 11 is 0. The first kappa shape index (κ1) is 12.5. The summed E-state index contributed by atoms with van der Waals surface area (Å²) in [5.74, 6) is 0.118. The van der Waals surface area contributed by atoms with Gasteiger partial charge in [-0.3, -0.25) is 4.79 Å². The molecule has 1 saturated carbocycles. The summed E-state index contributed by atoms with van der Waals surface area (Å²) in [7, 11) is 3.92. The van der Waals surface area contributed by atoms with E-state index >= 15 is 0 Å². The highest BCUT2D eigenvalue weighted by atomic mass is 16.3. The minimum atomic E-state index is 0.118. The van der Waals surface area contributed by atoms with E-state index in [-0.39, 0.29) is 17.9 Å². The number of aliphatic hydroxyl groups is 1. The Labute approximate surface area is 91.6 Å². The molecule has 0 aliphatic heterocycles. The topological polar surface area (TPSA) is 52.6 Å². The molecule has 4 heteroatoms. The van der Waals surface area contributed by atoms with E-state index in [1.807, 2.05) is 19.0 Å². The largest absolute Gasteiger partial charge is 0.396 e. The van der Waals surface area contributed by atoms with Gasteiger partial charge in [0, 0.05) is 26.1 Å². The van der Waals surface area contributed by atoms with E-state index in [2.05, 4.69) is 5.32 Å². The van der Waals surface area contributed by atoms with E-state index in [0.717, 1.165) is 32.4 Å². The van der Waals surface area contributed by atoms with Crippen LogP contribution in [0.5, 0.6) is 0 Å². The van der Waals surface area contributed by atoms with E-state index in [9.17, 15) is 4.79 Å². The Kier molecular flexibility index (Phi) is 4.54. The van der Waals surface area contributed by atoms with Gasteiger partial charge in [-0.05, 0) is 38.8 Å². The van der Waals surface area contributed by atoms with Crippen molar-refractivity contribution < 1.29 is 9.90 Å². The number of nitrogens with one attached hydrogen (secondary N) is 1. The molecule has 0 unspecified atom stereocenters. The molecule has 0 aromatic rings. The molecule has 0 bridgehead atoms. The Morgan fingerprint density at radius 1 is 1.47 bits per heavy atom. The van der Waals surface area contributed by atoms with E-state index in [1.165, 1.54) is 0 Å². The van der Waals surface area contributed by atoms with Crippen LogP contribution in [0.1, 0.15) is 25.7 Å². The second kappa shape index (κ2) is 5.47. The molecule has 0 radical (unpaired) electrons. The van der Waals surface area contributed by atoms with Crippen LogP contribution in [-0.4, -0.2) is 49.7 Å². The number of nitrogens with zero attached hydrogens (tertiary/aromatic N) is 1. The Balaban J connectivity index is 2.11. The van der Waals surface area contributed by atoms with Crippen LogP contribution in [0.25, 0.3) is 0 Å². The summed E-state index contributed by atoms with van der Waals surface area (Å²) < 4.78 is 0. The standard InChI is InChI=1S/C11H22N2O2/c1-13(2)7-3-10(15)12-9-11(4-5-11)6-8-14/h14H,3-9H2,1-2H3,(H,12,15). The predicted octanol–water partition coefficient (Wildman–Crippen LogP) is 0.217. The smallest absolute Gasteiger partial charge is 0.221 e. The van der Waals surface area contributed by atoms with Crippen molar-refractivity contribution in [3.8, 4) is 0 Å². The molecule has 0 heterocycles. The summed E-state index contributed by atoms with van der Waals surface area (Å²) in [6.07, 6.45) is 3.66. The average Bonchev–Trinajstić information content (AvgIpc) is 2.93. The molecule has 0 aromatic heterocycles. The summed E-state index contributed by atoms with van der Waals surface area (Å²) in [5.41, 5.74) is 0.225. The normalized spacial score (nSPS) is 17.9. The molecule has 0 atom stereocenters. The second-order valence-corrected chi connectivity index (χ2v) is 4.80. The van der Waals surface area contributed by atoms with Crippen LogP contribution in [0, 0.1) is 5.41 Å². The van der Waals surface area contributed by atoms with Crippen LogP contribution in [0.2, 0.25) is 0 Å². The summed E-state index contributed by atoms with van der Waals surface area (Å²) in [5, 5.41) is 11.8. The zero-order chi connectivity index (χ0) is 11.3. The van der Waals surface area contributed by atoms with Gasteiger partial charge in [-0.15, -0.1) is 0 Å².